The topological polar surface area (TPSA) is 94.3 Å². The summed E-state index contributed by atoms with van der Waals surface area (Å²) in [5.41, 5.74) is 5.02. The Morgan fingerprint density at radius 3 is 1.80 bits per heavy atom. The first kappa shape index (κ1) is 7.96. The molecule has 1 aliphatic rings. The SMILES string of the molecule is NC1CS(=O)(=O)CS1(=O)=O. The highest BCUT2D eigenvalue weighted by molar-refractivity contribution is 8.11. The molecule has 1 aliphatic heterocycles. The third-order valence-electron chi connectivity index (χ3n) is 1.22. The lowest BCUT2D eigenvalue weighted by Crippen LogP contribution is -2.28. The Bertz CT molecular complexity index is 326. The normalized spacial score (nSPS) is 35.9. The maximum Gasteiger partial charge on any atom is 0.181 e. The van der Waals surface area contributed by atoms with E-state index in [9.17, 15) is 16.8 Å². The molecule has 2 N–H and O–H groups in total. The lowest BCUT2D eigenvalue weighted by atomic mass is 10.8. The summed E-state index contributed by atoms with van der Waals surface area (Å²) >= 11 is 0. The van der Waals surface area contributed by atoms with Crippen molar-refractivity contribution in [3.8, 4) is 0 Å². The Morgan fingerprint density at radius 1 is 1.20 bits per heavy atom. The first-order valence-electron chi connectivity index (χ1n) is 2.51. The van der Waals surface area contributed by atoms with Gasteiger partial charge in [0.15, 0.2) is 24.8 Å². The van der Waals surface area contributed by atoms with Crippen molar-refractivity contribution in [1.29, 1.82) is 0 Å². The molecule has 1 atom stereocenters. The molecular weight excluding hydrogens is 178 g/mol. The van der Waals surface area contributed by atoms with Crippen molar-refractivity contribution in [2.45, 2.75) is 5.37 Å². The number of hydrogen-bond donors (Lipinski definition) is 1. The molecule has 1 rings (SSSR count). The molecule has 1 saturated heterocycles. The van der Waals surface area contributed by atoms with Crippen molar-refractivity contribution >= 4 is 19.7 Å². The van der Waals surface area contributed by atoms with Gasteiger partial charge in [0.05, 0.1) is 5.75 Å². The predicted molar refractivity (Wildman–Crippen MR) is 35.5 cm³/mol. The molecule has 0 aromatic heterocycles. The van der Waals surface area contributed by atoms with Crippen molar-refractivity contribution < 1.29 is 16.8 Å². The summed E-state index contributed by atoms with van der Waals surface area (Å²) in [5, 5.41) is -2.00. The van der Waals surface area contributed by atoms with Gasteiger partial charge in [0.25, 0.3) is 0 Å². The fraction of sp³-hybridized carbons (Fsp3) is 1.00. The van der Waals surface area contributed by atoms with Crippen LogP contribution in [0.4, 0.5) is 0 Å². The Labute approximate surface area is 59.1 Å². The smallest absolute Gasteiger partial charge is 0.181 e. The van der Waals surface area contributed by atoms with E-state index in [1.807, 2.05) is 0 Å². The third kappa shape index (κ3) is 1.30. The van der Waals surface area contributed by atoms with Crippen LogP contribution in [0.1, 0.15) is 0 Å². The van der Waals surface area contributed by atoms with Crippen molar-refractivity contribution in [3.05, 3.63) is 0 Å². The van der Waals surface area contributed by atoms with Gasteiger partial charge in [-0.15, -0.1) is 0 Å². The van der Waals surface area contributed by atoms with Crippen LogP contribution >= 0.6 is 0 Å². The average Bonchev–Trinajstić information content (AvgIpc) is 1.73. The van der Waals surface area contributed by atoms with Crippen LogP contribution < -0.4 is 5.73 Å². The molecule has 0 aromatic carbocycles. The van der Waals surface area contributed by atoms with E-state index in [0.717, 1.165) is 0 Å². The maximum absolute atomic E-state index is 10.7. The van der Waals surface area contributed by atoms with Gasteiger partial charge < -0.3 is 5.73 Å². The zero-order valence-electron chi connectivity index (χ0n) is 5.02. The molecule has 0 bridgehead atoms. The zero-order valence-corrected chi connectivity index (χ0v) is 6.65. The molecule has 0 radical (unpaired) electrons. The van der Waals surface area contributed by atoms with Crippen molar-refractivity contribution in [1.82, 2.24) is 0 Å². The average molecular weight is 185 g/mol. The van der Waals surface area contributed by atoms with E-state index in [2.05, 4.69) is 0 Å². The summed E-state index contributed by atoms with van der Waals surface area (Å²) in [4.78, 5) is 0. The summed E-state index contributed by atoms with van der Waals surface area (Å²) in [6, 6.07) is 0. The van der Waals surface area contributed by atoms with Crippen LogP contribution in [0.5, 0.6) is 0 Å². The monoisotopic (exact) mass is 185 g/mol. The van der Waals surface area contributed by atoms with Gasteiger partial charge in [0.2, 0.25) is 0 Å². The van der Waals surface area contributed by atoms with Crippen molar-refractivity contribution in [3.63, 3.8) is 0 Å². The summed E-state index contributed by atoms with van der Waals surface area (Å²) in [6.45, 7) is 0. The van der Waals surface area contributed by atoms with E-state index >= 15 is 0 Å². The molecular formula is C3H7NO4S2. The second-order valence-corrected chi connectivity index (χ2v) is 6.92. The van der Waals surface area contributed by atoms with Gasteiger partial charge in [-0.2, -0.15) is 0 Å². The molecule has 60 valence electrons. The maximum atomic E-state index is 10.7. The van der Waals surface area contributed by atoms with Gasteiger partial charge in [-0.05, 0) is 0 Å². The highest BCUT2D eigenvalue weighted by atomic mass is 32.3. The highest BCUT2D eigenvalue weighted by Crippen LogP contribution is 2.13. The van der Waals surface area contributed by atoms with Crippen LogP contribution in [0.25, 0.3) is 0 Å². The van der Waals surface area contributed by atoms with E-state index in [1.54, 1.807) is 0 Å². The molecule has 0 aliphatic carbocycles. The van der Waals surface area contributed by atoms with Gasteiger partial charge in [0, 0.05) is 0 Å². The van der Waals surface area contributed by atoms with E-state index in [4.69, 9.17) is 5.73 Å². The van der Waals surface area contributed by atoms with Crippen LogP contribution in [0.3, 0.4) is 0 Å². The Balaban J connectivity index is 3.16. The molecule has 7 heteroatoms. The van der Waals surface area contributed by atoms with Crippen LogP contribution in [-0.2, 0) is 19.7 Å². The minimum atomic E-state index is -3.54. The minimum absolute atomic E-state index is 0.435. The summed E-state index contributed by atoms with van der Waals surface area (Å²) < 4.78 is 42.5. The van der Waals surface area contributed by atoms with E-state index in [0.29, 0.717) is 0 Å². The molecule has 10 heavy (non-hydrogen) atoms. The number of rotatable bonds is 0. The van der Waals surface area contributed by atoms with E-state index in [-0.39, 0.29) is 0 Å². The Morgan fingerprint density at radius 2 is 1.70 bits per heavy atom. The molecule has 0 saturated carbocycles. The van der Waals surface area contributed by atoms with Gasteiger partial charge in [0.1, 0.15) is 5.37 Å². The summed E-state index contributed by atoms with van der Waals surface area (Å²) in [6.07, 6.45) is 0. The second-order valence-electron chi connectivity index (χ2n) is 2.23. The van der Waals surface area contributed by atoms with Gasteiger partial charge in [-0.3, -0.25) is 0 Å². The first-order chi connectivity index (χ1) is 4.33. The Kier molecular flexibility index (Phi) is 1.53. The fourth-order valence-corrected chi connectivity index (χ4v) is 5.78. The third-order valence-corrected chi connectivity index (χ3v) is 6.14. The second kappa shape index (κ2) is 1.93. The highest BCUT2D eigenvalue weighted by Gasteiger charge is 2.39. The molecule has 1 heterocycles. The Hall–Kier alpha value is -0.140. The van der Waals surface area contributed by atoms with Crippen LogP contribution in [-0.4, -0.2) is 33.0 Å². The molecule has 1 unspecified atom stereocenters. The molecule has 0 aromatic rings. The standard InChI is InChI=1S/C3H7NO4S2/c4-3-1-9(5,6)2-10(3,7)8/h3H,1-2,4H2. The molecule has 5 nitrogen and oxygen atoms in total. The van der Waals surface area contributed by atoms with Crippen LogP contribution in [0, 0.1) is 0 Å². The fourth-order valence-electron chi connectivity index (χ4n) is 0.740. The van der Waals surface area contributed by atoms with E-state index < -0.39 is 35.9 Å². The van der Waals surface area contributed by atoms with E-state index in [1.165, 1.54) is 0 Å². The largest absolute Gasteiger partial charge is 0.314 e. The number of sulfone groups is 2. The molecule has 0 spiro atoms. The summed E-state index contributed by atoms with van der Waals surface area (Å²) in [7, 11) is -6.96. The van der Waals surface area contributed by atoms with Crippen LogP contribution in [0.2, 0.25) is 0 Å². The predicted octanol–water partition coefficient (Wildman–Crippen LogP) is -1.93. The first-order valence-corrected chi connectivity index (χ1v) is 6.05. The van der Waals surface area contributed by atoms with Gasteiger partial charge in [-0.1, -0.05) is 0 Å². The summed E-state index contributed by atoms with van der Waals surface area (Å²) in [5.74, 6) is -0.435. The molecule has 1 fully saturated rings. The van der Waals surface area contributed by atoms with Crippen LogP contribution in [0.15, 0.2) is 0 Å². The van der Waals surface area contributed by atoms with Gasteiger partial charge >= 0.3 is 0 Å². The van der Waals surface area contributed by atoms with Crippen molar-refractivity contribution in [2.24, 2.45) is 5.73 Å². The minimum Gasteiger partial charge on any atom is -0.314 e. The van der Waals surface area contributed by atoms with Gasteiger partial charge in [-0.25, -0.2) is 16.8 Å². The lowest BCUT2D eigenvalue weighted by molar-refractivity contribution is 0.593. The molecule has 0 amide bonds. The number of hydrogen-bond acceptors (Lipinski definition) is 5. The quantitative estimate of drug-likeness (QED) is 0.474. The lowest BCUT2D eigenvalue weighted by Gasteiger charge is -1.94. The zero-order chi connectivity index (χ0) is 7.99. The number of nitrogens with two attached hydrogens (primary N) is 1. The van der Waals surface area contributed by atoms with Crippen molar-refractivity contribution in [2.75, 3.05) is 10.8 Å².